The zero-order chi connectivity index (χ0) is 27.1. The van der Waals surface area contributed by atoms with Gasteiger partial charge in [0.2, 0.25) is 0 Å². The van der Waals surface area contributed by atoms with Gasteiger partial charge < -0.3 is 5.11 Å². The Bertz CT molecular complexity index is 1050. The number of rotatable bonds is 6. The van der Waals surface area contributed by atoms with E-state index >= 15 is 0 Å². The third-order valence-corrected chi connectivity index (χ3v) is 11.9. The van der Waals surface area contributed by atoms with Crippen LogP contribution in [0.2, 0.25) is 5.02 Å². The molecule has 0 heterocycles. The van der Waals surface area contributed by atoms with E-state index in [-0.39, 0.29) is 0 Å². The molecule has 0 spiro atoms. The lowest BCUT2D eigenvalue weighted by Crippen LogP contribution is -2.36. The van der Waals surface area contributed by atoms with E-state index in [9.17, 15) is 5.11 Å². The Morgan fingerprint density at radius 1 is 1.24 bits per heavy atom. The second-order valence-corrected chi connectivity index (χ2v) is 14.9. The van der Waals surface area contributed by atoms with Gasteiger partial charge in [-0.25, -0.2) is 0 Å². The molecule has 2 unspecified atom stereocenters. The summed E-state index contributed by atoms with van der Waals surface area (Å²) in [5, 5.41) is 11.2. The summed E-state index contributed by atoms with van der Waals surface area (Å²) in [6.07, 6.45) is 14.0. The molecule has 0 saturated heterocycles. The fourth-order valence-corrected chi connectivity index (χ4v) is 9.42. The SMILES string of the molecule is C=C1/C(=C\C=C2/CCC[C@@]3(C)C2CCC3[C@@H](C)CSc2c(C)cc(C(C)(C)O)cc2Cl)C[C@@H](C)C[C@@H]1C. The highest BCUT2D eigenvalue weighted by atomic mass is 35.5. The number of hydrogen-bond donors (Lipinski definition) is 1. The first-order chi connectivity index (χ1) is 17.3. The van der Waals surface area contributed by atoms with Crippen molar-refractivity contribution < 1.29 is 5.11 Å². The number of aryl methyl sites for hydroxylation is 1. The van der Waals surface area contributed by atoms with Crippen LogP contribution >= 0.6 is 23.4 Å². The zero-order valence-electron chi connectivity index (χ0n) is 24.3. The monoisotopic (exact) mass is 540 g/mol. The van der Waals surface area contributed by atoms with Crippen LogP contribution in [0, 0.1) is 41.9 Å². The Kier molecular flexibility index (Phi) is 8.84. The number of fused-ring (bicyclic) bond motifs is 1. The van der Waals surface area contributed by atoms with Crippen molar-refractivity contribution in [3.63, 3.8) is 0 Å². The molecule has 3 fully saturated rings. The van der Waals surface area contributed by atoms with E-state index in [1.54, 1.807) is 5.57 Å². The van der Waals surface area contributed by atoms with E-state index < -0.39 is 5.60 Å². The second-order valence-electron chi connectivity index (χ2n) is 13.5. The summed E-state index contributed by atoms with van der Waals surface area (Å²) >= 11 is 8.63. The van der Waals surface area contributed by atoms with Crippen molar-refractivity contribution in [3.8, 4) is 0 Å². The standard InChI is InChI=1S/C34H49ClOS/c1-21-16-22(2)25(5)27(17-21)12-11-26-10-9-15-34(8)29(13-14-30(26)34)24(4)20-37-32-23(3)18-28(19-31(32)35)33(6,7)36/h11-12,18-19,21-22,24,29-30,36H,5,9-10,13-17,20H2,1-4,6-8H3/b26-11+,27-12-/t21-,22-,24-,29?,30?,34+/m0/s1. The van der Waals surface area contributed by atoms with Crippen LogP contribution in [0.4, 0.5) is 0 Å². The van der Waals surface area contributed by atoms with Crippen LogP contribution < -0.4 is 0 Å². The molecule has 37 heavy (non-hydrogen) atoms. The Morgan fingerprint density at radius 2 is 1.97 bits per heavy atom. The average molecular weight is 541 g/mol. The lowest BCUT2D eigenvalue weighted by atomic mass is 9.61. The van der Waals surface area contributed by atoms with Crippen molar-refractivity contribution in [2.24, 2.45) is 35.0 Å². The fourth-order valence-electron chi connectivity index (χ4n) is 7.85. The molecule has 204 valence electrons. The molecule has 1 aromatic rings. The lowest BCUT2D eigenvalue weighted by molar-refractivity contribution is 0.0785. The third kappa shape index (κ3) is 6.12. The number of thioether (sulfide) groups is 1. The van der Waals surface area contributed by atoms with Crippen LogP contribution in [-0.4, -0.2) is 10.9 Å². The highest BCUT2D eigenvalue weighted by Gasteiger charge is 2.50. The number of hydrogen-bond acceptors (Lipinski definition) is 2. The van der Waals surface area contributed by atoms with Gasteiger partial charge in [0.25, 0.3) is 0 Å². The van der Waals surface area contributed by atoms with Gasteiger partial charge in [0.05, 0.1) is 10.6 Å². The molecule has 3 aliphatic carbocycles. The molecular formula is C34H49ClOS. The smallest absolute Gasteiger partial charge is 0.0841 e. The maximum Gasteiger partial charge on any atom is 0.0841 e. The molecule has 0 aliphatic heterocycles. The molecule has 0 bridgehead atoms. The number of benzene rings is 1. The fraction of sp³-hybridized carbons (Fsp3) is 0.647. The van der Waals surface area contributed by atoms with E-state index in [4.69, 9.17) is 11.6 Å². The molecule has 4 rings (SSSR count). The summed E-state index contributed by atoms with van der Waals surface area (Å²) in [4.78, 5) is 1.17. The van der Waals surface area contributed by atoms with Crippen LogP contribution in [0.5, 0.6) is 0 Å². The van der Waals surface area contributed by atoms with Crippen molar-refractivity contribution in [2.45, 2.75) is 104 Å². The Morgan fingerprint density at radius 3 is 2.65 bits per heavy atom. The van der Waals surface area contributed by atoms with E-state index in [0.717, 1.165) is 34.1 Å². The van der Waals surface area contributed by atoms with Crippen LogP contribution in [0.15, 0.2) is 52.5 Å². The Balaban J connectivity index is 1.47. The second kappa shape index (κ2) is 11.3. The summed E-state index contributed by atoms with van der Waals surface area (Å²) in [7, 11) is 0. The molecule has 0 radical (unpaired) electrons. The van der Waals surface area contributed by atoms with E-state index in [0.29, 0.717) is 17.3 Å². The van der Waals surface area contributed by atoms with Gasteiger partial charge in [-0.05, 0) is 129 Å². The minimum absolute atomic E-state index is 0.399. The van der Waals surface area contributed by atoms with Gasteiger partial charge in [0.1, 0.15) is 0 Å². The summed E-state index contributed by atoms with van der Waals surface area (Å²) in [5.74, 6) is 4.58. The van der Waals surface area contributed by atoms with Gasteiger partial charge >= 0.3 is 0 Å². The molecule has 3 saturated carbocycles. The minimum Gasteiger partial charge on any atom is -0.386 e. The normalized spacial score (nSPS) is 33.7. The summed E-state index contributed by atoms with van der Waals surface area (Å²) in [6, 6.07) is 4.05. The van der Waals surface area contributed by atoms with Crippen molar-refractivity contribution in [1.82, 2.24) is 0 Å². The predicted octanol–water partition coefficient (Wildman–Crippen LogP) is 10.3. The van der Waals surface area contributed by atoms with Gasteiger partial charge in [0.15, 0.2) is 0 Å². The Hall–Kier alpha value is -0.960. The van der Waals surface area contributed by atoms with E-state index in [1.807, 2.05) is 31.7 Å². The molecule has 6 atom stereocenters. The van der Waals surface area contributed by atoms with E-state index in [1.165, 1.54) is 66.6 Å². The molecule has 0 aromatic heterocycles. The third-order valence-electron chi connectivity index (χ3n) is 9.98. The van der Waals surface area contributed by atoms with Crippen molar-refractivity contribution in [3.05, 3.63) is 63.7 Å². The van der Waals surface area contributed by atoms with Crippen LogP contribution in [-0.2, 0) is 5.60 Å². The topological polar surface area (TPSA) is 20.2 Å². The largest absolute Gasteiger partial charge is 0.386 e. The van der Waals surface area contributed by atoms with Gasteiger partial charge in [-0.1, -0.05) is 69.7 Å². The van der Waals surface area contributed by atoms with Crippen LogP contribution in [0.1, 0.15) is 97.6 Å². The quantitative estimate of drug-likeness (QED) is 0.362. The number of halogens is 1. The zero-order valence-corrected chi connectivity index (χ0v) is 25.9. The average Bonchev–Trinajstić information content (AvgIpc) is 3.16. The summed E-state index contributed by atoms with van der Waals surface area (Å²) in [6.45, 7) is 20.0. The first-order valence-electron chi connectivity index (χ1n) is 14.6. The molecule has 3 aliphatic rings. The van der Waals surface area contributed by atoms with Gasteiger partial charge in [-0.15, -0.1) is 11.8 Å². The highest BCUT2D eigenvalue weighted by molar-refractivity contribution is 7.99. The molecule has 1 N–H and O–H groups in total. The van der Waals surface area contributed by atoms with Gasteiger partial charge in [0, 0.05) is 10.6 Å². The summed E-state index contributed by atoms with van der Waals surface area (Å²) in [5.41, 5.74) is 6.14. The van der Waals surface area contributed by atoms with Gasteiger partial charge in [-0.3, -0.25) is 0 Å². The predicted molar refractivity (Wildman–Crippen MR) is 162 cm³/mol. The lowest BCUT2D eigenvalue weighted by Gasteiger charge is -2.44. The summed E-state index contributed by atoms with van der Waals surface area (Å²) < 4.78 is 0. The van der Waals surface area contributed by atoms with Crippen molar-refractivity contribution in [1.29, 1.82) is 0 Å². The first kappa shape index (κ1) is 29.0. The molecule has 3 heteroatoms. The van der Waals surface area contributed by atoms with Crippen LogP contribution in [0.3, 0.4) is 0 Å². The first-order valence-corrected chi connectivity index (χ1v) is 15.9. The Labute approximate surface area is 236 Å². The van der Waals surface area contributed by atoms with Crippen molar-refractivity contribution >= 4 is 23.4 Å². The number of aliphatic hydroxyl groups is 1. The molecule has 1 nitrogen and oxygen atoms in total. The molecule has 0 amide bonds. The van der Waals surface area contributed by atoms with Crippen molar-refractivity contribution in [2.75, 3.05) is 5.75 Å². The minimum atomic E-state index is -0.874. The maximum atomic E-state index is 10.4. The van der Waals surface area contributed by atoms with E-state index in [2.05, 4.69) is 59.4 Å². The van der Waals surface area contributed by atoms with Crippen LogP contribution in [0.25, 0.3) is 0 Å². The maximum absolute atomic E-state index is 10.4. The molecule has 1 aromatic carbocycles. The number of allylic oxidation sites excluding steroid dienone is 5. The van der Waals surface area contributed by atoms with Gasteiger partial charge in [-0.2, -0.15) is 0 Å². The molecular weight excluding hydrogens is 492 g/mol. The highest BCUT2D eigenvalue weighted by Crippen LogP contribution is 2.60.